The van der Waals surface area contributed by atoms with Gasteiger partial charge in [-0.05, 0) is 29.7 Å². The van der Waals surface area contributed by atoms with Crippen LogP contribution in [0.25, 0.3) is 10.8 Å². The van der Waals surface area contributed by atoms with Gasteiger partial charge in [0.05, 0.1) is 13.7 Å². The van der Waals surface area contributed by atoms with Gasteiger partial charge in [-0.25, -0.2) is 4.98 Å². The number of aliphatic hydroxyl groups is 1. The van der Waals surface area contributed by atoms with Crippen LogP contribution in [-0.2, 0) is 0 Å². The molecule has 0 saturated heterocycles. The number of pyridine rings is 1. The minimum Gasteiger partial charge on any atom is -0.497 e. The summed E-state index contributed by atoms with van der Waals surface area (Å²) in [4.78, 5) is 5.06. The third-order valence-electron chi connectivity index (χ3n) is 2.99. The van der Waals surface area contributed by atoms with Gasteiger partial charge in [-0.1, -0.05) is 0 Å². The van der Waals surface area contributed by atoms with Gasteiger partial charge in [-0.2, -0.15) is 13.2 Å². The van der Waals surface area contributed by atoms with Crippen molar-refractivity contribution >= 4 is 16.6 Å². The zero-order valence-corrected chi connectivity index (χ0v) is 11.4. The summed E-state index contributed by atoms with van der Waals surface area (Å²) in [5.41, 5.74) is 0. The highest BCUT2D eigenvalue weighted by atomic mass is 19.4. The molecule has 0 aliphatic heterocycles. The summed E-state index contributed by atoms with van der Waals surface area (Å²) in [5, 5.41) is 10.3. The van der Waals surface area contributed by atoms with Gasteiger partial charge in [-0.3, -0.25) is 0 Å². The maximum atomic E-state index is 12.7. The molecule has 4 nitrogen and oxygen atoms in total. The number of methoxy groups -OCH3 is 1. The summed E-state index contributed by atoms with van der Waals surface area (Å²) >= 11 is 0. The fourth-order valence-corrected chi connectivity index (χ4v) is 2.12. The van der Waals surface area contributed by atoms with Crippen LogP contribution in [0.15, 0.2) is 30.5 Å². The van der Waals surface area contributed by atoms with Crippen LogP contribution in [0.3, 0.4) is 0 Å². The number of aliphatic hydroxyl groups excluding tert-OH is 1. The largest absolute Gasteiger partial charge is 0.497 e. The predicted molar refractivity (Wildman–Crippen MR) is 73.6 cm³/mol. The number of nitrogens with zero attached hydrogens (tertiary/aromatic N) is 2. The van der Waals surface area contributed by atoms with E-state index in [0.717, 1.165) is 10.3 Å². The lowest BCUT2D eigenvalue weighted by Crippen LogP contribution is -2.36. The zero-order chi connectivity index (χ0) is 15.5. The van der Waals surface area contributed by atoms with Gasteiger partial charge in [0.2, 0.25) is 0 Å². The minimum atomic E-state index is -4.37. The molecule has 0 unspecified atom stereocenters. The molecule has 21 heavy (non-hydrogen) atoms. The van der Waals surface area contributed by atoms with E-state index in [-0.39, 0.29) is 19.0 Å². The van der Waals surface area contributed by atoms with Crippen molar-refractivity contribution in [2.24, 2.45) is 0 Å². The number of ether oxygens (including phenoxy) is 1. The van der Waals surface area contributed by atoms with Gasteiger partial charge in [-0.15, -0.1) is 0 Å². The number of hydrogen-bond donors (Lipinski definition) is 1. The Kier molecular flexibility index (Phi) is 4.52. The van der Waals surface area contributed by atoms with Gasteiger partial charge in [0, 0.05) is 18.1 Å². The Labute approximate surface area is 119 Å². The summed E-state index contributed by atoms with van der Waals surface area (Å²) in [6.45, 7) is -1.69. The zero-order valence-electron chi connectivity index (χ0n) is 11.4. The van der Waals surface area contributed by atoms with Gasteiger partial charge in [0.25, 0.3) is 0 Å². The molecule has 0 spiro atoms. The summed E-state index contributed by atoms with van der Waals surface area (Å²) in [7, 11) is 1.52. The highest BCUT2D eigenvalue weighted by Gasteiger charge is 2.31. The smallest absolute Gasteiger partial charge is 0.405 e. The van der Waals surface area contributed by atoms with Crippen molar-refractivity contribution in [3.05, 3.63) is 30.5 Å². The Bertz CT molecular complexity index is 617. The first-order valence-electron chi connectivity index (χ1n) is 6.30. The molecule has 114 valence electrons. The van der Waals surface area contributed by atoms with Gasteiger partial charge in [0.1, 0.15) is 18.1 Å². The number of benzene rings is 1. The summed E-state index contributed by atoms with van der Waals surface area (Å²) < 4.78 is 43.1. The second-order valence-electron chi connectivity index (χ2n) is 4.48. The molecule has 2 aromatic rings. The first-order chi connectivity index (χ1) is 9.94. The molecule has 0 amide bonds. The second-order valence-corrected chi connectivity index (χ2v) is 4.48. The number of alkyl halides is 3. The van der Waals surface area contributed by atoms with Crippen LogP contribution in [0.5, 0.6) is 5.75 Å². The lowest BCUT2D eigenvalue weighted by atomic mass is 10.1. The molecule has 0 aliphatic carbocycles. The molecule has 0 saturated carbocycles. The Morgan fingerprint density at radius 1 is 1.29 bits per heavy atom. The Morgan fingerprint density at radius 2 is 2.05 bits per heavy atom. The monoisotopic (exact) mass is 300 g/mol. The van der Waals surface area contributed by atoms with Crippen LogP contribution in [-0.4, -0.2) is 43.1 Å². The lowest BCUT2D eigenvalue weighted by Gasteiger charge is -2.25. The number of fused-ring (bicyclic) bond motifs is 1. The van der Waals surface area contributed by atoms with Gasteiger partial charge < -0.3 is 14.7 Å². The van der Waals surface area contributed by atoms with Gasteiger partial charge in [0.15, 0.2) is 0 Å². The van der Waals surface area contributed by atoms with Crippen LogP contribution in [0.4, 0.5) is 19.0 Å². The Balaban J connectivity index is 2.47. The topological polar surface area (TPSA) is 45.6 Å². The van der Waals surface area contributed by atoms with Crippen molar-refractivity contribution in [2.75, 3.05) is 31.7 Å². The number of hydrogen-bond acceptors (Lipinski definition) is 4. The highest BCUT2D eigenvalue weighted by Crippen LogP contribution is 2.29. The van der Waals surface area contributed by atoms with Crippen molar-refractivity contribution in [1.29, 1.82) is 0 Å². The fraction of sp³-hybridized carbons (Fsp3) is 0.357. The number of aromatic nitrogens is 1. The average Bonchev–Trinajstić information content (AvgIpc) is 2.44. The average molecular weight is 300 g/mol. The van der Waals surface area contributed by atoms with Crippen molar-refractivity contribution < 1.29 is 23.0 Å². The summed E-state index contributed by atoms with van der Waals surface area (Å²) in [5.74, 6) is 0.811. The van der Waals surface area contributed by atoms with E-state index in [1.165, 1.54) is 13.3 Å². The van der Waals surface area contributed by atoms with E-state index in [0.29, 0.717) is 11.1 Å². The third-order valence-corrected chi connectivity index (χ3v) is 2.99. The van der Waals surface area contributed by atoms with E-state index in [4.69, 9.17) is 9.84 Å². The number of anilines is 1. The van der Waals surface area contributed by atoms with E-state index in [2.05, 4.69) is 4.98 Å². The van der Waals surface area contributed by atoms with Gasteiger partial charge >= 0.3 is 6.18 Å². The highest BCUT2D eigenvalue weighted by molar-refractivity contribution is 5.93. The number of halogens is 3. The predicted octanol–water partition coefficient (Wildman–Crippen LogP) is 2.60. The quantitative estimate of drug-likeness (QED) is 0.922. The van der Waals surface area contributed by atoms with Crippen LogP contribution in [0.1, 0.15) is 0 Å². The molecule has 0 atom stereocenters. The van der Waals surface area contributed by atoms with Crippen LogP contribution >= 0.6 is 0 Å². The standard InChI is InChI=1S/C14H15F3N2O2/c1-21-11-2-3-12-10(8-11)4-5-18-13(12)19(6-7-20)9-14(15,16)17/h2-5,8,20H,6-7,9H2,1H3. The van der Waals surface area contributed by atoms with E-state index >= 15 is 0 Å². The molecule has 0 fully saturated rings. The maximum absolute atomic E-state index is 12.7. The SMILES string of the molecule is COc1ccc2c(N(CCO)CC(F)(F)F)nccc2c1. The molecule has 1 aromatic heterocycles. The normalized spacial score (nSPS) is 11.7. The van der Waals surface area contributed by atoms with Crippen molar-refractivity contribution in [1.82, 2.24) is 4.98 Å². The fourth-order valence-electron chi connectivity index (χ4n) is 2.12. The molecule has 0 radical (unpaired) electrons. The number of rotatable bonds is 5. The van der Waals surface area contributed by atoms with Crippen LogP contribution in [0.2, 0.25) is 0 Å². The van der Waals surface area contributed by atoms with E-state index < -0.39 is 12.7 Å². The van der Waals surface area contributed by atoms with E-state index in [1.807, 2.05) is 0 Å². The Morgan fingerprint density at radius 3 is 2.67 bits per heavy atom. The minimum absolute atomic E-state index is 0.141. The third kappa shape index (κ3) is 3.75. The van der Waals surface area contributed by atoms with E-state index in [1.54, 1.807) is 24.3 Å². The molecule has 1 aromatic carbocycles. The molecule has 1 heterocycles. The summed E-state index contributed by atoms with van der Waals surface area (Å²) in [6, 6.07) is 6.76. The second kappa shape index (κ2) is 6.17. The molecular formula is C14H15F3N2O2. The van der Waals surface area contributed by atoms with Crippen molar-refractivity contribution in [2.45, 2.75) is 6.18 Å². The van der Waals surface area contributed by atoms with Crippen molar-refractivity contribution in [3.8, 4) is 5.75 Å². The lowest BCUT2D eigenvalue weighted by molar-refractivity contribution is -0.119. The van der Waals surface area contributed by atoms with E-state index in [9.17, 15) is 13.2 Å². The first-order valence-corrected chi connectivity index (χ1v) is 6.30. The van der Waals surface area contributed by atoms with Crippen LogP contribution in [0, 0.1) is 0 Å². The van der Waals surface area contributed by atoms with Crippen molar-refractivity contribution in [3.63, 3.8) is 0 Å². The summed E-state index contributed by atoms with van der Waals surface area (Å²) in [6.07, 6.45) is -2.93. The molecule has 0 aliphatic rings. The first kappa shape index (κ1) is 15.4. The Hall–Kier alpha value is -2.02. The van der Waals surface area contributed by atoms with Crippen LogP contribution < -0.4 is 9.64 Å². The molecule has 2 rings (SSSR count). The maximum Gasteiger partial charge on any atom is 0.405 e. The molecule has 0 bridgehead atoms. The molecular weight excluding hydrogens is 285 g/mol. The molecule has 1 N–H and O–H groups in total. The molecule has 7 heteroatoms.